The number of halogens is 1. The van der Waals surface area contributed by atoms with Gasteiger partial charge >= 0.3 is 0 Å². The third-order valence-electron chi connectivity index (χ3n) is 7.49. The van der Waals surface area contributed by atoms with Crippen molar-refractivity contribution < 1.29 is 13.9 Å². The molecule has 0 N–H and O–H groups in total. The third-order valence-corrected chi connectivity index (χ3v) is 7.49. The van der Waals surface area contributed by atoms with E-state index in [9.17, 15) is 4.79 Å². The number of hydrogen-bond donors (Lipinski definition) is 0. The molecule has 2 aliphatic rings. The second kappa shape index (κ2) is 9.06. The number of hydrogen-bond acceptors (Lipinski definition) is 7. The Balaban J connectivity index is 1.44. The zero-order chi connectivity index (χ0) is 26.6. The molecule has 0 saturated carbocycles. The first-order valence-corrected chi connectivity index (χ1v) is 12.6. The van der Waals surface area contributed by atoms with Gasteiger partial charge in [-0.25, -0.2) is 4.39 Å². The first-order chi connectivity index (χ1) is 17.5. The molecular formula is C27H33FN6O3. The van der Waals surface area contributed by atoms with Gasteiger partial charge in [0.1, 0.15) is 30.1 Å². The summed E-state index contributed by atoms with van der Waals surface area (Å²) in [4.78, 5) is 17.3. The molecule has 0 aliphatic carbocycles. The van der Waals surface area contributed by atoms with Gasteiger partial charge in [0.15, 0.2) is 11.5 Å². The number of anilines is 1. The van der Waals surface area contributed by atoms with Crippen molar-refractivity contribution in [2.45, 2.75) is 64.9 Å². The van der Waals surface area contributed by atoms with Crippen LogP contribution in [0.3, 0.4) is 0 Å². The highest BCUT2D eigenvalue weighted by Crippen LogP contribution is 2.40. The van der Waals surface area contributed by atoms with Crippen LogP contribution in [0.4, 0.5) is 10.1 Å². The predicted octanol–water partition coefficient (Wildman–Crippen LogP) is 3.61. The SMILES string of the molecule is CC(c1cc2c(cc1F)OCC(C)(C)O2)N1C[C@H](C)N(c2cc(=O)n(C)c3cn(CC#N)nc23)C[C@H]1C. The lowest BCUT2D eigenvalue weighted by atomic mass is 9.99. The van der Waals surface area contributed by atoms with Crippen LogP contribution >= 0.6 is 0 Å². The number of nitriles is 1. The van der Waals surface area contributed by atoms with Crippen LogP contribution < -0.4 is 19.9 Å². The molecular weight excluding hydrogens is 475 g/mol. The van der Waals surface area contributed by atoms with Crippen LogP contribution in [-0.4, -0.2) is 56.6 Å². The number of aryl methyl sites for hydroxylation is 1. The number of ether oxygens (including phenoxy) is 2. The molecule has 2 aliphatic heterocycles. The fraction of sp³-hybridized carbons (Fsp3) is 0.519. The number of nitrogens with zero attached hydrogens (tertiary/aromatic N) is 6. The van der Waals surface area contributed by atoms with E-state index in [1.54, 1.807) is 34.6 Å². The van der Waals surface area contributed by atoms with Gasteiger partial charge in [-0.1, -0.05) is 0 Å². The maximum atomic E-state index is 15.2. The van der Waals surface area contributed by atoms with E-state index in [0.717, 1.165) is 5.69 Å². The number of piperazine rings is 1. The summed E-state index contributed by atoms with van der Waals surface area (Å²) in [6.07, 6.45) is 1.74. The van der Waals surface area contributed by atoms with Crippen molar-refractivity contribution in [1.29, 1.82) is 5.26 Å². The quantitative estimate of drug-likeness (QED) is 0.532. The number of benzene rings is 1. The monoisotopic (exact) mass is 508 g/mol. The second-order valence-corrected chi connectivity index (χ2v) is 10.8. The highest BCUT2D eigenvalue weighted by atomic mass is 19.1. The molecule has 1 fully saturated rings. The van der Waals surface area contributed by atoms with E-state index in [1.165, 1.54) is 6.07 Å². The Hall–Kier alpha value is -3.58. The smallest absolute Gasteiger partial charge is 0.252 e. The summed E-state index contributed by atoms with van der Waals surface area (Å²) in [7, 11) is 1.71. The Labute approximate surface area is 215 Å². The number of pyridine rings is 1. The number of rotatable bonds is 4. The Morgan fingerprint density at radius 1 is 1.22 bits per heavy atom. The van der Waals surface area contributed by atoms with E-state index >= 15 is 4.39 Å². The summed E-state index contributed by atoms with van der Waals surface area (Å²) in [6.45, 7) is 11.9. The van der Waals surface area contributed by atoms with Gasteiger partial charge in [0, 0.05) is 56.0 Å². The van der Waals surface area contributed by atoms with Gasteiger partial charge < -0.3 is 18.9 Å². The molecule has 0 radical (unpaired) electrons. The maximum Gasteiger partial charge on any atom is 0.252 e. The van der Waals surface area contributed by atoms with E-state index in [-0.39, 0.29) is 36.0 Å². The lowest BCUT2D eigenvalue weighted by Gasteiger charge is -2.47. The highest BCUT2D eigenvalue weighted by molar-refractivity contribution is 5.88. The molecule has 2 aromatic heterocycles. The molecule has 3 atom stereocenters. The Kier molecular flexibility index (Phi) is 6.15. The first kappa shape index (κ1) is 25.1. The summed E-state index contributed by atoms with van der Waals surface area (Å²) in [5.41, 5.74) is 2.11. The standard InChI is InChI=1S/C27H33FN6O3/c1-16-13-34(21-11-25(35)31(6)22-14-32(8-7-29)30-26(21)22)17(2)12-33(16)18(3)19-9-24-23(10-20(19)28)36-15-27(4,5)37-24/h9-11,14,16-18H,8,12-13,15H2,1-6H3/t16-,17+,18?/m1/s1. The topological polar surface area (TPSA) is 88.5 Å². The number of fused-ring (bicyclic) bond motifs is 2. The molecule has 3 aromatic rings. The number of aromatic nitrogens is 3. The Morgan fingerprint density at radius 3 is 2.70 bits per heavy atom. The fourth-order valence-corrected chi connectivity index (χ4v) is 5.46. The largest absolute Gasteiger partial charge is 0.485 e. The first-order valence-electron chi connectivity index (χ1n) is 12.6. The molecule has 1 unspecified atom stereocenters. The molecule has 10 heteroatoms. The van der Waals surface area contributed by atoms with Gasteiger partial charge in [0.25, 0.3) is 5.56 Å². The van der Waals surface area contributed by atoms with Crippen molar-refractivity contribution in [1.82, 2.24) is 19.2 Å². The summed E-state index contributed by atoms with van der Waals surface area (Å²) < 4.78 is 30.1. The van der Waals surface area contributed by atoms with Crippen LogP contribution in [0.2, 0.25) is 0 Å². The van der Waals surface area contributed by atoms with Crippen molar-refractivity contribution in [3.63, 3.8) is 0 Å². The van der Waals surface area contributed by atoms with E-state index in [0.29, 0.717) is 47.8 Å². The third kappa shape index (κ3) is 4.42. The zero-order valence-electron chi connectivity index (χ0n) is 22.2. The highest BCUT2D eigenvalue weighted by Gasteiger charge is 2.36. The Morgan fingerprint density at radius 2 is 1.97 bits per heavy atom. The van der Waals surface area contributed by atoms with Crippen LogP contribution in [0.25, 0.3) is 11.0 Å². The minimum atomic E-state index is -0.475. The minimum absolute atomic E-state index is 0.0364. The van der Waals surface area contributed by atoms with E-state index in [2.05, 4.69) is 34.8 Å². The van der Waals surface area contributed by atoms with Crippen LogP contribution in [0.1, 0.15) is 46.2 Å². The van der Waals surface area contributed by atoms with Crippen molar-refractivity contribution in [3.8, 4) is 17.6 Å². The van der Waals surface area contributed by atoms with Crippen LogP contribution in [0.5, 0.6) is 11.5 Å². The summed E-state index contributed by atoms with van der Waals surface area (Å²) >= 11 is 0. The molecule has 4 heterocycles. The van der Waals surface area contributed by atoms with Gasteiger partial charge in [0.05, 0.1) is 23.5 Å². The van der Waals surface area contributed by atoms with Gasteiger partial charge in [-0.05, 0) is 40.7 Å². The van der Waals surface area contributed by atoms with Crippen LogP contribution in [0, 0.1) is 17.1 Å². The van der Waals surface area contributed by atoms with Gasteiger partial charge in [-0.15, -0.1) is 0 Å². The normalized spacial score (nSPS) is 22.2. The van der Waals surface area contributed by atoms with Crippen molar-refractivity contribution in [2.75, 3.05) is 24.6 Å². The predicted molar refractivity (Wildman–Crippen MR) is 139 cm³/mol. The zero-order valence-corrected chi connectivity index (χ0v) is 22.2. The molecule has 37 heavy (non-hydrogen) atoms. The fourth-order valence-electron chi connectivity index (χ4n) is 5.46. The average Bonchev–Trinajstić information content (AvgIpc) is 3.26. The molecule has 9 nitrogen and oxygen atoms in total. The molecule has 0 bridgehead atoms. The summed E-state index contributed by atoms with van der Waals surface area (Å²) in [5.74, 6) is 0.687. The van der Waals surface area contributed by atoms with Gasteiger partial charge in [-0.3, -0.25) is 14.4 Å². The van der Waals surface area contributed by atoms with Crippen LogP contribution in [-0.2, 0) is 13.6 Å². The van der Waals surface area contributed by atoms with E-state index in [4.69, 9.17) is 14.7 Å². The second-order valence-electron chi connectivity index (χ2n) is 10.8. The van der Waals surface area contributed by atoms with Gasteiger partial charge in [-0.2, -0.15) is 10.4 Å². The van der Waals surface area contributed by atoms with E-state index in [1.807, 2.05) is 20.8 Å². The lowest BCUT2D eigenvalue weighted by molar-refractivity contribution is 0.0205. The van der Waals surface area contributed by atoms with Crippen molar-refractivity contribution in [2.24, 2.45) is 7.05 Å². The van der Waals surface area contributed by atoms with E-state index < -0.39 is 5.60 Å². The molecule has 5 rings (SSSR count). The lowest BCUT2D eigenvalue weighted by Crippen LogP contribution is -2.57. The molecule has 0 amide bonds. The van der Waals surface area contributed by atoms with Crippen molar-refractivity contribution in [3.05, 3.63) is 46.1 Å². The van der Waals surface area contributed by atoms with Crippen LogP contribution in [0.15, 0.2) is 29.2 Å². The average molecular weight is 509 g/mol. The molecule has 0 spiro atoms. The molecule has 1 aromatic carbocycles. The minimum Gasteiger partial charge on any atom is -0.485 e. The molecule has 196 valence electrons. The summed E-state index contributed by atoms with van der Waals surface area (Å²) in [6, 6.07) is 6.82. The molecule has 1 saturated heterocycles. The van der Waals surface area contributed by atoms with Crippen molar-refractivity contribution >= 4 is 16.7 Å². The summed E-state index contributed by atoms with van der Waals surface area (Å²) in [5, 5.41) is 13.7. The Bertz CT molecular complexity index is 1460. The maximum absolute atomic E-state index is 15.2. The van der Waals surface area contributed by atoms with Gasteiger partial charge in [0.2, 0.25) is 0 Å².